The zero-order valence-electron chi connectivity index (χ0n) is 15.1. The third kappa shape index (κ3) is 5.64. The molecule has 3 rings (SSSR count). The monoisotopic (exact) mass is 370 g/mol. The fourth-order valence-corrected chi connectivity index (χ4v) is 2.63. The van der Waals surface area contributed by atoms with Crippen LogP contribution in [0.15, 0.2) is 42.5 Å². The first kappa shape index (κ1) is 18.6. The lowest BCUT2D eigenvalue weighted by Crippen LogP contribution is -2.30. The van der Waals surface area contributed by atoms with Crippen LogP contribution in [0.1, 0.15) is 12.5 Å². The molecule has 0 saturated carbocycles. The molecule has 0 aliphatic carbocycles. The number of carbonyl (C=O) groups is 2. The van der Waals surface area contributed by atoms with Crippen molar-refractivity contribution in [1.29, 1.82) is 0 Å². The standard InChI is InChI=1S/C20H22N2O5/c1-14(23)22-16-3-5-17(6-4-16)27-13-20(24)21-9-8-15-2-7-18-19(12-15)26-11-10-25-18/h2-7,12H,8-11,13H2,1H3,(H,21,24)(H,22,23). The van der Waals surface area contributed by atoms with Gasteiger partial charge in [-0.1, -0.05) is 6.07 Å². The van der Waals surface area contributed by atoms with Gasteiger partial charge in [0.25, 0.3) is 5.91 Å². The molecule has 0 saturated heterocycles. The predicted octanol–water partition coefficient (Wildman–Crippen LogP) is 2.15. The molecule has 0 spiro atoms. The SMILES string of the molecule is CC(=O)Nc1ccc(OCC(=O)NCCc2ccc3c(c2)OCCO3)cc1. The number of carbonyl (C=O) groups excluding carboxylic acids is 2. The third-order valence-electron chi connectivity index (χ3n) is 3.89. The molecule has 0 aromatic heterocycles. The number of rotatable bonds is 7. The Kier molecular flexibility index (Phi) is 6.14. The molecular formula is C20H22N2O5. The van der Waals surface area contributed by atoms with Crippen molar-refractivity contribution in [2.45, 2.75) is 13.3 Å². The lowest BCUT2D eigenvalue weighted by Gasteiger charge is -2.18. The van der Waals surface area contributed by atoms with Crippen LogP contribution < -0.4 is 24.8 Å². The number of ether oxygens (including phenoxy) is 3. The third-order valence-corrected chi connectivity index (χ3v) is 3.89. The highest BCUT2D eigenvalue weighted by Gasteiger charge is 2.11. The second kappa shape index (κ2) is 8.93. The first-order valence-electron chi connectivity index (χ1n) is 8.76. The molecule has 0 unspecified atom stereocenters. The lowest BCUT2D eigenvalue weighted by atomic mass is 10.1. The molecule has 27 heavy (non-hydrogen) atoms. The fourth-order valence-electron chi connectivity index (χ4n) is 2.63. The van der Waals surface area contributed by atoms with Crippen molar-refractivity contribution in [3.63, 3.8) is 0 Å². The number of hydrogen-bond donors (Lipinski definition) is 2. The van der Waals surface area contributed by atoms with Gasteiger partial charge in [-0.05, 0) is 48.4 Å². The Hall–Kier alpha value is -3.22. The van der Waals surface area contributed by atoms with E-state index in [0.29, 0.717) is 37.6 Å². The molecule has 0 atom stereocenters. The predicted molar refractivity (Wildman–Crippen MR) is 100 cm³/mol. The number of benzene rings is 2. The van der Waals surface area contributed by atoms with Crippen molar-refractivity contribution in [2.75, 3.05) is 31.7 Å². The Morgan fingerprint density at radius 3 is 2.52 bits per heavy atom. The van der Waals surface area contributed by atoms with Gasteiger partial charge in [0.05, 0.1) is 0 Å². The quantitative estimate of drug-likeness (QED) is 0.780. The summed E-state index contributed by atoms with van der Waals surface area (Å²) in [6.45, 7) is 3.00. The van der Waals surface area contributed by atoms with Gasteiger partial charge in [-0.2, -0.15) is 0 Å². The minimum Gasteiger partial charge on any atom is -0.486 e. The van der Waals surface area contributed by atoms with E-state index in [2.05, 4.69) is 10.6 Å². The minimum atomic E-state index is -0.196. The Bertz CT molecular complexity index is 805. The molecule has 142 valence electrons. The van der Waals surface area contributed by atoms with Gasteiger partial charge in [-0.25, -0.2) is 0 Å². The van der Waals surface area contributed by atoms with Crippen LogP contribution >= 0.6 is 0 Å². The highest BCUT2D eigenvalue weighted by Crippen LogP contribution is 2.30. The van der Waals surface area contributed by atoms with Crippen molar-refractivity contribution < 1.29 is 23.8 Å². The van der Waals surface area contributed by atoms with Gasteiger partial charge in [0, 0.05) is 19.2 Å². The molecule has 1 aliphatic rings. The van der Waals surface area contributed by atoms with Crippen molar-refractivity contribution in [3.05, 3.63) is 48.0 Å². The summed E-state index contributed by atoms with van der Waals surface area (Å²) in [6, 6.07) is 12.6. The highest BCUT2D eigenvalue weighted by atomic mass is 16.6. The Morgan fingerprint density at radius 1 is 1.04 bits per heavy atom. The van der Waals surface area contributed by atoms with Crippen LogP contribution in [0.3, 0.4) is 0 Å². The number of anilines is 1. The van der Waals surface area contributed by atoms with E-state index in [9.17, 15) is 9.59 Å². The minimum absolute atomic E-state index is 0.0688. The summed E-state index contributed by atoms with van der Waals surface area (Å²) in [7, 11) is 0. The van der Waals surface area contributed by atoms with Gasteiger partial charge in [-0.3, -0.25) is 9.59 Å². The van der Waals surface area contributed by atoms with Crippen LogP contribution in [0.4, 0.5) is 5.69 Å². The van der Waals surface area contributed by atoms with Crippen molar-refractivity contribution in [1.82, 2.24) is 5.32 Å². The lowest BCUT2D eigenvalue weighted by molar-refractivity contribution is -0.123. The van der Waals surface area contributed by atoms with Gasteiger partial charge >= 0.3 is 0 Å². The van der Waals surface area contributed by atoms with E-state index < -0.39 is 0 Å². The maximum Gasteiger partial charge on any atom is 0.257 e. The molecule has 7 nitrogen and oxygen atoms in total. The Labute approximate surface area is 157 Å². The summed E-state index contributed by atoms with van der Waals surface area (Å²) in [5.74, 6) is 1.73. The van der Waals surface area contributed by atoms with Crippen LogP contribution in [-0.2, 0) is 16.0 Å². The Balaban J connectivity index is 1.39. The Morgan fingerprint density at radius 2 is 1.78 bits per heavy atom. The summed E-state index contributed by atoms with van der Waals surface area (Å²) in [4.78, 5) is 22.9. The van der Waals surface area contributed by atoms with Crippen LogP contribution in [0.25, 0.3) is 0 Å². The van der Waals surface area contributed by atoms with Crippen LogP contribution in [0.5, 0.6) is 17.2 Å². The largest absolute Gasteiger partial charge is 0.486 e. The second-order valence-electron chi connectivity index (χ2n) is 6.07. The second-order valence-corrected chi connectivity index (χ2v) is 6.07. The van der Waals surface area contributed by atoms with Crippen molar-refractivity contribution in [2.24, 2.45) is 0 Å². The summed E-state index contributed by atoms with van der Waals surface area (Å²) in [5, 5.41) is 5.49. The first-order chi connectivity index (χ1) is 13.1. The molecule has 0 bridgehead atoms. The summed E-state index contributed by atoms with van der Waals surface area (Å²) in [6.07, 6.45) is 0.688. The van der Waals surface area contributed by atoms with E-state index in [-0.39, 0.29) is 18.4 Å². The van der Waals surface area contributed by atoms with E-state index in [1.165, 1.54) is 6.92 Å². The molecule has 1 heterocycles. The summed E-state index contributed by atoms with van der Waals surface area (Å²) in [5.41, 5.74) is 1.74. The van der Waals surface area contributed by atoms with Crippen LogP contribution in [-0.4, -0.2) is 38.2 Å². The molecule has 0 fully saturated rings. The maximum absolute atomic E-state index is 11.9. The van der Waals surface area contributed by atoms with E-state index in [0.717, 1.165) is 17.1 Å². The maximum atomic E-state index is 11.9. The van der Waals surface area contributed by atoms with Gasteiger partial charge in [-0.15, -0.1) is 0 Å². The van der Waals surface area contributed by atoms with Crippen LogP contribution in [0.2, 0.25) is 0 Å². The normalized spacial score (nSPS) is 12.2. The fraction of sp³-hybridized carbons (Fsp3) is 0.300. The molecule has 2 aromatic carbocycles. The molecular weight excluding hydrogens is 348 g/mol. The van der Waals surface area contributed by atoms with E-state index in [4.69, 9.17) is 14.2 Å². The van der Waals surface area contributed by atoms with Gasteiger partial charge in [0.15, 0.2) is 18.1 Å². The van der Waals surface area contributed by atoms with Crippen LogP contribution in [0, 0.1) is 0 Å². The zero-order valence-corrected chi connectivity index (χ0v) is 15.1. The summed E-state index contributed by atoms with van der Waals surface area (Å²) < 4.78 is 16.5. The molecule has 2 N–H and O–H groups in total. The van der Waals surface area contributed by atoms with E-state index in [1.54, 1.807) is 24.3 Å². The van der Waals surface area contributed by atoms with Gasteiger partial charge in [0.2, 0.25) is 5.91 Å². The highest BCUT2D eigenvalue weighted by molar-refractivity contribution is 5.88. The van der Waals surface area contributed by atoms with Gasteiger partial charge < -0.3 is 24.8 Å². The number of hydrogen-bond acceptors (Lipinski definition) is 5. The van der Waals surface area contributed by atoms with E-state index in [1.807, 2.05) is 18.2 Å². The van der Waals surface area contributed by atoms with Gasteiger partial charge in [0.1, 0.15) is 19.0 Å². The zero-order chi connectivity index (χ0) is 19.1. The molecule has 2 aromatic rings. The van der Waals surface area contributed by atoms with E-state index >= 15 is 0 Å². The topological polar surface area (TPSA) is 85.9 Å². The van der Waals surface area contributed by atoms with Crippen molar-refractivity contribution >= 4 is 17.5 Å². The number of fused-ring (bicyclic) bond motifs is 1. The smallest absolute Gasteiger partial charge is 0.257 e. The molecule has 2 amide bonds. The number of amides is 2. The van der Waals surface area contributed by atoms with Crippen molar-refractivity contribution in [3.8, 4) is 17.2 Å². The molecule has 0 radical (unpaired) electrons. The average Bonchev–Trinajstić information content (AvgIpc) is 2.67. The average molecular weight is 370 g/mol. The molecule has 1 aliphatic heterocycles. The number of nitrogens with one attached hydrogen (secondary N) is 2. The molecule has 7 heteroatoms. The summed E-state index contributed by atoms with van der Waals surface area (Å²) >= 11 is 0. The first-order valence-corrected chi connectivity index (χ1v) is 8.76.